The molecule has 0 radical (unpaired) electrons. The Kier molecular flexibility index (Phi) is 3.22. The summed E-state index contributed by atoms with van der Waals surface area (Å²) in [6, 6.07) is 3.18. The molecule has 1 aromatic heterocycles. The third kappa shape index (κ3) is 2.55. The van der Waals surface area contributed by atoms with Gasteiger partial charge in [0, 0.05) is 6.07 Å². The average Bonchev–Trinajstić information content (AvgIpc) is 2.66. The molecule has 0 fully saturated rings. The van der Waals surface area contributed by atoms with Crippen LogP contribution in [0.4, 0.5) is 0 Å². The van der Waals surface area contributed by atoms with E-state index >= 15 is 0 Å². The average molecular weight is 215 g/mol. The van der Waals surface area contributed by atoms with E-state index in [2.05, 4.69) is 14.4 Å². The fourth-order valence-corrected chi connectivity index (χ4v) is 1.44. The third-order valence-corrected chi connectivity index (χ3v) is 3.18. The summed E-state index contributed by atoms with van der Waals surface area (Å²) in [6.07, 6.45) is 1.34. The molecule has 1 atom stereocenters. The van der Waals surface area contributed by atoms with Gasteiger partial charge in [-0.1, -0.05) is 5.16 Å². The highest BCUT2D eigenvalue weighted by Gasteiger charge is 2.19. The van der Waals surface area contributed by atoms with Crippen molar-refractivity contribution >= 4 is 10.0 Å². The van der Waals surface area contributed by atoms with Gasteiger partial charge in [0.15, 0.2) is 5.25 Å². The van der Waals surface area contributed by atoms with E-state index in [1.54, 1.807) is 12.1 Å². The second-order valence-electron chi connectivity index (χ2n) is 2.63. The van der Waals surface area contributed by atoms with Crippen molar-refractivity contribution in [2.75, 3.05) is 0 Å². The van der Waals surface area contributed by atoms with E-state index in [1.165, 1.54) is 13.2 Å². The summed E-state index contributed by atoms with van der Waals surface area (Å²) in [4.78, 5) is 0. The summed E-state index contributed by atoms with van der Waals surface area (Å²) in [5, 5.41) is 10.9. The highest BCUT2D eigenvalue weighted by Crippen LogP contribution is 1.99. The summed E-state index contributed by atoms with van der Waals surface area (Å²) >= 11 is 0. The number of hydrogen-bond acceptors (Lipinski definition) is 5. The molecule has 1 rings (SSSR count). The van der Waals surface area contributed by atoms with E-state index in [0.717, 1.165) is 0 Å². The first-order chi connectivity index (χ1) is 6.56. The minimum Gasteiger partial charge on any atom is -0.364 e. The van der Waals surface area contributed by atoms with Gasteiger partial charge in [-0.15, -0.1) is 0 Å². The zero-order valence-electron chi connectivity index (χ0n) is 7.47. The van der Waals surface area contributed by atoms with Gasteiger partial charge in [0.1, 0.15) is 6.26 Å². The normalized spacial score (nSPS) is 13.4. The molecule has 1 N–H and O–H groups in total. The van der Waals surface area contributed by atoms with Gasteiger partial charge in [-0.05, 0) is 6.92 Å². The van der Waals surface area contributed by atoms with Gasteiger partial charge < -0.3 is 4.52 Å². The zero-order chi connectivity index (χ0) is 10.6. The maximum atomic E-state index is 11.3. The molecule has 0 saturated carbocycles. The van der Waals surface area contributed by atoms with Gasteiger partial charge >= 0.3 is 0 Å². The molecule has 0 amide bonds. The van der Waals surface area contributed by atoms with Crippen LogP contribution in [0.3, 0.4) is 0 Å². The molecule has 0 bridgehead atoms. The molecule has 0 aromatic carbocycles. The van der Waals surface area contributed by atoms with Crippen molar-refractivity contribution in [2.24, 2.45) is 0 Å². The zero-order valence-corrected chi connectivity index (χ0v) is 8.28. The van der Waals surface area contributed by atoms with Crippen molar-refractivity contribution in [3.8, 4) is 6.07 Å². The molecule has 0 saturated heterocycles. The van der Waals surface area contributed by atoms with Crippen molar-refractivity contribution in [1.82, 2.24) is 9.88 Å². The fraction of sp³-hybridized carbons (Fsp3) is 0.429. The lowest BCUT2D eigenvalue weighted by Crippen LogP contribution is -2.31. The number of nitrogens with zero attached hydrogens (tertiary/aromatic N) is 2. The van der Waals surface area contributed by atoms with Crippen molar-refractivity contribution in [1.29, 1.82) is 5.26 Å². The summed E-state index contributed by atoms with van der Waals surface area (Å²) in [5.41, 5.74) is 0.471. The van der Waals surface area contributed by atoms with Crippen molar-refractivity contribution in [3.63, 3.8) is 0 Å². The molecule has 76 valence electrons. The van der Waals surface area contributed by atoms with Gasteiger partial charge in [0.25, 0.3) is 0 Å². The fourth-order valence-electron chi connectivity index (χ4n) is 0.698. The van der Waals surface area contributed by atoms with Crippen LogP contribution < -0.4 is 4.72 Å². The third-order valence-electron chi connectivity index (χ3n) is 1.59. The van der Waals surface area contributed by atoms with Gasteiger partial charge in [-0.3, -0.25) is 0 Å². The number of rotatable bonds is 4. The van der Waals surface area contributed by atoms with Crippen LogP contribution >= 0.6 is 0 Å². The highest BCUT2D eigenvalue weighted by molar-refractivity contribution is 7.90. The van der Waals surface area contributed by atoms with Crippen molar-refractivity contribution in [2.45, 2.75) is 18.7 Å². The lowest BCUT2D eigenvalue weighted by Gasteiger charge is -2.05. The van der Waals surface area contributed by atoms with E-state index in [4.69, 9.17) is 5.26 Å². The molecular weight excluding hydrogens is 206 g/mol. The Bertz CT molecular complexity index is 418. The Balaban J connectivity index is 2.58. The van der Waals surface area contributed by atoms with Crippen LogP contribution in [0.5, 0.6) is 0 Å². The minimum atomic E-state index is -3.58. The van der Waals surface area contributed by atoms with Crippen LogP contribution in [0.15, 0.2) is 16.9 Å². The maximum absolute atomic E-state index is 11.3. The quantitative estimate of drug-likeness (QED) is 0.762. The molecule has 1 heterocycles. The number of sulfonamides is 1. The summed E-state index contributed by atoms with van der Waals surface area (Å²) in [7, 11) is -3.58. The van der Waals surface area contributed by atoms with Gasteiger partial charge in [0.2, 0.25) is 10.0 Å². The second-order valence-corrected chi connectivity index (χ2v) is 4.71. The van der Waals surface area contributed by atoms with E-state index in [1.807, 2.05) is 0 Å². The van der Waals surface area contributed by atoms with Gasteiger partial charge in [-0.2, -0.15) is 5.26 Å². The Hall–Kier alpha value is -1.39. The standard InChI is InChI=1S/C7H9N3O3S/c1-6(4-8)14(11,12)9-5-7-2-3-13-10-7/h2-3,6,9H,5H2,1H3. The molecular formula is C7H9N3O3S. The molecule has 0 aliphatic carbocycles. The van der Waals surface area contributed by atoms with Crippen LogP contribution in [0.1, 0.15) is 12.6 Å². The molecule has 0 spiro atoms. The maximum Gasteiger partial charge on any atom is 0.228 e. The van der Waals surface area contributed by atoms with E-state index in [-0.39, 0.29) is 6.54 Å². The minimum absolute atomic E-state index is 0.0326. The Labute approximate surface area is 81.6 Å². The Morgan fingerprint density at radius 2 is 2.50 bits per heavy atom. The van der Waals surface area contributed by atoms with Gasteiger partial charge in [0.05, 0.1) is 18.3 Å². The molecule has 14 heavy (non-hydrogen) atoms. The van der Waals surface area contributed by atoms with Crippen LogP contribution in [0.25, 0.3) is 0 Å². The predicted octanol–water partition coefficient (Wildman–Crippen LogP) is 0.00608. The van der Waals surface area contributed by atoms with Crippen LogP contribution in [-0.2, 0) is 16.6 Å². The highest BCUT2D eigenvalue weighted by atomic mass is 32.2. The monoisotopic (exact) mass is 215 g/mol. The summed E-state index contributed by atoms with van der Waals surface area (Å²) < 4.78 is 29.3. The second kappa shape index (κ2) is 4.21. The number of nitriles is 1. The van der Waals surface area contributed by atoms with Crippen LogP contribution in [-0.4, -0.2) is 18.8 Å². The van der Waals surface area contributed by atoms with Crippen LogP contribution in [0, 0.1) is 11.3 Å². The molecule has 6 nitrogen and oxygen atoms in total. The topological polar surface area (TPSA) is 96.0 Å². The first kappa shape index (κ1) is 10.7. The van der Waals surface area contributed by atoms with Crippen LogP contribution in [0.2, 0.25) is 0 Å². The molecule has 7 heteroatoms. The molecule has 0 aliphatic rings. The number of aromatic nitrogens is 1. The Morgan fingerprint density at radius 1 is 1.79 bits per heavy atom. The molecule has 1 aromatic rings. The smallest absolute Gasteiger partial charge is 0.228 e. The van der Waals surface area contributed by atoms with E-state index in [9.17, 15) is 8.42 Å². The first-order valence-electron chi connectivity index (χ1n) is 3.83. The SMILES string of the molecule is CC(C#N)S(=O)(=O)NCc1ccon1. The van der Waals surface area contributed by atoms with Crippen molar-refractivity contribution in [3.05, 3.63) is 18.0 Å². The Morgan fingerprint density at radius 3 is 3.00 bits per heavy atom. The number of hydrogen-bond donors (Lipinski definition) is 1. The van der Waals surface area contributed by atoms with Crippen molar-refractivity contribution < 1.29 is 12.9 Å². The summed E-state index contributed by atoms with van der Waals surface area (Å²) in [6.45, 7) is 1.34. The first-order valence-corrected chi connectivity index (χ1v) is 5.38. The van der Waals surface area contributed by atoms with Gasteiger partial charge in [-0.25, -0.2) is 13.1 Å². The van der Waals surface area contributed by atoms with E-state index < -0.39 is 15.3 Å². The lowest BCUT2D eigenvalue weighted by molar-refractivity contribution is 0.411. The summed E-state index contributed by atoms with van der Waals surface area (Å²) in [5.74, 6) is 0. The predicted molar refractivity (Wildman–Crippen MR) is 47.3 cm³/mol. The lowest BCUT2D eigenvalue weighted by atomic mass is 10.5. The molecule has 0 aliphatic heterocycles. The largest absolute Gasteiger partial charge is 0.364 e. The van der Waals surface area contributed by atoms with E-state index in [0.29, 0.717) is 5.69 Å². The number of nitrogens with one attached hydrogen (secondary N) is 1. The molecule has 1 unspecified atom stereocenters.